The highest BCUT2D eigenvalue weighted by molar-refractivity contribution is 5.76. The Morgan fingerprint density at radius 3 is 2.50 bits per heavy atom. The lowest BCUT2D eigenvalue weighted by atomic mass is 10.3. The largest absolute Gasteiger partial charge is 0.455 e. The first kappa shape index (κ1) is 15.8. The molecule has 0 aliphatic heterocycles. The van der Waals surface area contributed by atoms with Gasteiger partial charge in [0.2, 0.25) is 0 Å². The lowest BCUT2D eigenvalue weighted by Gasteiger charge is -2.19. The van der Waals surface area contributed by atoms with Gasteiger partial charge in [0.15, 0.2) is 6.54 Å². The van der Waals surface area contributed by atoms with Gasteiger partial charge in [-0.05, 0) is 4.92 Å². The van der Waals surface area contributed by atoms with Crippen LogP contribution in [0.5, 0.6) is 0 Å². The van der Waals surface area contributed by atoms with Crippen molar-refractivity contribution in [2.45, 2.75) is 18.6 Å². The molecule has 0 saturated carbocycles. The number of amides is 1. The number of halogens is 5. The zero-order valence-electron chi connectivity index (χ0n) is 9.53. The van der Waals surface area contributed by atoms with E-state index in [1.807, 2.05) is 0 Å². The molecular formula is C8H7F5N4O3. The van der Waals surface area contributed by atoms with Crippen LogP contribution in [0.3, 0.4) is 0 Å². The van der Waals surface area contributed by atoms with E-state index in [4.69, 9.17) is 0 Å². The predicted molar refractivity (Wildman–Crippen MR) is 52.9 cm³/mol. The van der Waals surface area contributed by atoms with Gasteiger partial charge in [-0.3, -0.25) is 4.79 Å². The molecule has 0 radical (unpaired) electrons. The molecule has 0 fully saturated rings. The number of imidazole rings is 1. The molecule has 1 unspecified atom stereocenters. The maximum atomic E-state index is 12.5. The first-order chi connectivity index (χ1) is 9.04. The minimum atomic E-state index is -5.79. The monoisotopic (exact) mass is 298 g/mol. The predicted octanol–water partition coefficient (Wildman–Crippen LogP) is 1.11. The van der Waals surface area contributed by atoms with E-state index in [1.54, 1.807) is 0 Å². The molecule has 112 valence electrons. The summed E-state index contributed by atoms with van der Waals surface area (Å²) >= 11 is 0. The topological polar surface area (TPSA) is 90.1 Å². The average Bonchev–Trinajstić information content (AvgIpc) is 2.73. The van der Waals surface area contributed by atoms with Crippen LogP contribution in [0.1, 0.15) is 0 Å². The molecule has 0 spiro atoms. The maximum Gasteiger partial charge on any atom is 0.455 e. The highest BCUT2D eigenvalue weighted by Gasteiger charge is 2.57. The third-order valence-corrected chi connectivity index (χ3v) is 2.09. The van der Waals surface area contributed by atoms with Crippen molar-refractivity contribution in [1.82, 2.24) is 14.9 Å². The molecule has 1 aromatic rings. The van der Waals surface area contributed by atoms with Gasteiger partial charge >= 0.3 is 18.0 Å². The van der Waals surface area contributed by atoms with Crippen LogP contribution in [-0.4, -0.2) is 39.0 Å². The van der Waals surface area contributed by atoms with Crippen LogP contribution in [-0.2, 0) is 11.3 Å². The lowest BCUT2D eigenvalue weighted by Crippen LogP contribution is -2.47. The molecule has 1 N–H and O–H groups in total. The molecule has 0 bridgehead atoms. The summed E-state index contributed by atoms with van der Waals surface area (Å²) in [4.78, 5) is 24.0. The van der Waals surface area contributed by atoms with Gasteiger partial charge in [-0.1, -0.05) is 4.98 Å². The Morgan fingerprint density at radius 1 is 1.40 bits per heavy atom. The molecular weight excluding hydrogens is 291 g/mol. The van der Waals surface area contributed by atoms with Crippen molar-refractivity contribution in [2.75, 3.05) is 6.54 Å². The van der Waals surface area contributed by atoms with Gasteiger partial charge in [-0.2, -0.15) is 22.0 Å². The van der Waals surface area contributed by atoms with Crippen LogP contribution < -0.4 is 5.32 Å². The van der Waals surface area contributed by atoms with E-state index in [9.17, 15) is 36.9 Å². The van der Waals surface area contributed by atoms with Crippen LogP contribution in [0.4, 0.5) is 27.9 Å². The summed E-state index contributed by atoms with van der Waals surface area (Å²) in [6.45, 7) is -2.75. The Kier molecular flexibility index (Phi) is 4.25. The van der Waals surface area contributed by atoms with Crippen molar-refractivity contribution in [3.8, 4) is 0 Å². The van der Waals surface area contributed by atoms with E-state index < -0.39 is 42.0 Å². The second-order valence-corrected chi connectivity index (χ2v) is 3.59. The molecule has 7 nitrogen and oxygen atoms in total. The normalized spacial score (nSPS) is 14.7. The summed E-state index contributed by atoms with van der Waals surface area (Å²) in [7, 11) is 0. The van der Waals surface area contributed by atoms with Crippen LogP contribution in [0, 0.1) is 10.1 Å². The number of hydrogen-bond donors (Lipinski definition) is 1. The Balaban J connectivity index is 2.61. The standard InChI is InChI=1S/C8H7F5N4O3/c9-7(10,8(11,12)13)4-15-5(18)3-16-2-1-14-6(16)17(19)20/h1-2H,3-4H2,(H,15,18)/i9-1,11-1,12-1,13-1. The number of aromatic nitrogens is 2. The van der Waals surface area contributed by atoms with Crippen molar-refractivity contribution in [1.29, 1.82) is 0 Å². The Hall–Kier alpha value is -2.27. The zero-order chi connectivity index (χ0) is 15.6. The van der Waals surface area contributed by atoms with Gasteiger partial charge in [-0.25, -0.2) is 4.57 Å². The number of rotatable bonds is 5. The molecule has 1 heterocycles. The summed E-state index contributed by atoms with van der Waals surface area (Å²) in [6, 6.07) is 0. The number of hydrogen-bond acceptors (Lipinski definition) is 4. The van der Waals surface area contributed by atoms with Gasteiger partial charge in [0.25, 0.3) is 5.91 Å². The number of nitrogens with zero attached hydrogens (tertiary/aromatic N) is 3. The van der Waals surface area contributed by atoms with Crippen molar-refractivity contribution in [3.63, 3.8) is 0 Å². The van der Waals surface area contributed by atoms with E-state index in [1.165, 1.54) is 5.32 Å². The zero-order valence-corrected chi connectivity index (χ0v) is 9.53. The van der Waals surface area contributed by atoms with Gasteiger partial charge in [0.1, 0.15) is 12.4 Å². The average molecular weight is 298 g/mol. The number of nitro groups is 1. The minimum Gasteiger partial charge on any atom is -0.390 e. The van der Waals surface area contributed by atoms with Crippen molar-refractivity contribution >= 4 is 11.9 Å². The smallest absolute Gasteiger partial charge is 0.390 e. The second kappa shape index (κ2) is 5.38. The van der Waals surface area contributed by atoms with E-state index in [-0.39, 0.29) is 0 Å². The molecule has 0 aromatic carbocycles. The first-order valence-corrected chi connectivity index (χ1v) is 4.91. The van der Waals surface area contributed by atoms with Crippen molar-refractivity contribution < 1.29 is 31.7 Å². The Labute approximate surface area is 107 Å². The minimum absolute atomic E-state index is 0.696. The summed E-state index contributed by atoms with van der Waals surface area (Å²) in [5.74, 6) is -7.05. The number of alkyl halides is 5. The third kappa shape index (κ3) is 3.61. The summed E-state index contributed by atoms with van der Waals surface area (Å²) in [5.41, 5.74) is 0. The van der Waals surface area contributed by atoms with Crippen LogP contribution in [0.15, 0.2) is 12.4 Å². The van der Waals surface area contributed by atoms with Gasteiger partial charge in [0.05, 0.1) is 6.54 Å². The van der Waals surface area contributed by atoms with E-state index >= 15 is 0 Å². The van der Waals surface area contributed by atoms with Crippen LogP contribution in [0.2, 0.25) is 0 Å². The highest BCUT2D eigenvalue weighted by Crippen LogP contribution is 2.34. The summed E-state index contributed by atoms with van der Waals surface area (Å²) < 4.78 is 61.2. The fraction of sp³-hybridized carbons (Fsp3) is 0.500. The molecule has 1 rings (SSSR count). The van der Waals surface area contributed by atoms with E-state index in [2.05, 4.69) is 4.98 Å². The fourth-order valence-corrected chi connectivity index (χ4v) is 1.12. The summed E-state index contributed by atoms with van der Waals surface area (Å²) in [6.07, 6.45) is -3.80. The van der Waals surface area contributed by atoms with Crippen molar-refractivity contribution in [2.24, 2.45) is 0 Å². The number of carbonyl (C=O) groups excluding carboxylic acids is 1. The van der Waals surface area contributed by atoms with Crippen LogP contribution >= 0.6 is 0 Å². The van der Waals surface area contributed by atoms with E-state index in [0.29, 0.717) is 4.57 Å². The first-order valence-electron chi connectivity index (χ1n) is 4.91. The molecule has 1 atom stereocenters. The fourth-order valence-electron chi connectivity index (χ4n) is 1.12. The SMILES string of the molecule is O=C(Cn1ccnc1[N+](=O)[O-])NCC(F)([18F])C([18F])([18F])[18F]. The number of nitrogens with one attached hydrogen (secondary N) is 1. The molecule has 12 heteroatoms. The maximum absolute atomic E-state index is 12.5. The van der Waals surface area contributed by atoms with Gasteiger partial charge in [-0.15, -0.1) is 0 Å². The quantitative estimate of drug-likeness (QED) is 0.501. The molecule has 1 amide bonds. The molecule has 0 aliphatic carbocycles. The second-order valence-electron chi connectivity index (χ2n) is 3.59. The highest BCUT2D eigenvalue weighted by atomic mass is 19.2. The molecule has 20 heavy (non-hydrogen) atoms. The Bertz CT molecular complexity index is 512. The van der Waals surface area contributed by atoms with Crippen LogP contribution in [0.25, 0.3) is 0 Å². The van der Waals surface area contributed by atoms with E-state index in [0.717, 1.165) is 12.4 Å². The summed E-state index contributed by atoms with van der Waals surface area (Å²) in [5, 5.41) is 11.8. The Morgan fingerprint density at radius 2 is 2.00 bits per heavy atom. The lowest BCUT2D eigenvalue weighted by molar-refractivity contribution is -0.396. The molecule has 1 aromatic heterocycles. The molecule has 0 saturated heterocycles. The third-order valence-electron chi connectivity index (χ3n) is 2.09. The van der Waals surface area contributed by atoms with Gasteiger partial charge in [0, 0.05) is 0 Å². The molecule has 0 aliphatic rings. The van der Waals surface area contributed by atoms with Crippen molar-refractivity contribution in [3.05, 3.63) is 22.5 Å². The van der Waals surface area contributed by atoms with Gasteiger partial charge < -0.3 is 15.4 Å². The number of carbonyl (C=O) groups is 1.